The molecule has 7 nitrogen and oxygen atoms in total. The van der Waals surface area contributed by atoms with Crippen molar-refractivity contribution in [2.45, 2.75) is 13.8 Å². The van der Waals surface area contributed by atoms with Gasteiger partial charge in [-0.2, -0.15) is 0 Å². The molecule has 114 valence electrons. The Morgan fingerprint density at radius 1 is 1.23 bits per heavy atom. The van der Waals surface area contributed by atoms with E-state index in [0.29, 0.717) is 22.3 Å². The number of nitrogens with zero attached hydrogens (tertiary/aromatic N) is 1. The number of rotatable bonds is 3. The first-order valence-electron chi connectivity index (χ1n) is 6.47. The highest BCUT2D eigenvalue weighted by atomic mass is 32.1. The van der Waals surface area contributed by atoms with Crippen molar-refractivity contribution < 1.29 is 19.1 Å². The molecule has 3 rings (SSSR count). The fourth-order valence-corrected chi connectivity index (χ4v) is 2.69. The number of benzene rings is 1. The molecule has 0 radical (unpaired) electrons. The van der Waals surface area contributed by atoms with E-state index in [2.05, 4.69) is 15.6 Å². The quantitative estimate of drug-likeness (QED) is 0.906. The molecule has 0 saturated carbocycles. The van der Waals surface area contributed by atoms with Gasteiger partial charge in [-0.05, 0) is 18.6 Å². The summed E-state index contributed by atoms with van der Waals surface area (Å²) in [6.45, 7) is 3.43. The number of ether oxygens (including phenoxy) is 2. The van der Waals surface area contributed by atoms with Crippen molar-refractivity contribution in [3.8, 4) is 11.5 Å². The molecule has 0 saturated heterocycles. The van der Waals surface area contributed by atoms with Crippen LogP contribution in [0.2, 0.25) is 0 Å². The number of nitrogens with one attached hydrogen (secondary N) is 2. The van der Waals surface area contributed by atoms with Gasteiger partial charge >= 0.3 is 0 Å². The van der Waals surface area contributed by atoms with E-state index >= 15 is 0 Å². The third-order valence-electron chi connectivity index (χ3n) is 2.99. The summed E-state index contributed by atoms with van der Waals surface area (Å²) in [5, 5.41) is 7.30. The van der Waals surface area contributed by atoms with Crippen LogP contribution in [-0.4, -0.2) is 23.6 Å². The van der Waals surface area contributed by atoms with Crippen molar-refractivity contribution in [3.05, 3.63) is 28.8 Å². The summed E-state index contributed by atoms with van der Waals surface area (Å²) in [7, 11) is 0. The highest BCUT2D eigenvalue weighted by Gasteiger charge is 2.18. The lowest BCUT2D eigenvalue weighted by Crippen LogP contribution is -2.13. The molecule has 0 bridgehead atoms. The van der Waals surface area contributed by atoms with Crippen LogP contribution >= 0.6 is 11.3 Å². The largest absolute Gasteiger partial charge is 0.454 e. The number of anilines is 2. The Balaban J connectivity index is 1.77. The number of fused-ring (bicyclic) bond motifs is 1. The molecule has 22 heavy (non-hydrogen) atoms. The van der Waals surface area contributed by atoms with Crippen LogP contribution in [0.3, 0.4) is 0 Å². The normalized spacial score (nSPS) is 12.1. The van der Waals surface area contributed by atoms with E-state index in [-0.39, 0.29) is 24.3 Å². The van der Waals surface area contributed by atoms with E-state index in [4.69, 9.17) is 9.47 Å². The van der Waals surface area contributed by atoms with E-state index < -0.39 is 0 Å². The Morgan fingerprint density at radius 3 is 2.68 bits per heavy atom. The number of aromatic nitrogens is 1. The highest BCUT2D eigenvalue weighted by Crippen LogP contribution is 2.36. The van der Waals surface area contributed by atoms with Crippen LogP contribution in [0.4, 0.5) is 10.8 Å². The number of thiazole rings is 1. The molecule has 2 amide bonds. The summed E-state index contributed by atoms with van der Waals surface area (Å²) in [6, 6.07) is 3.53. The van der Waals surface area contributed by atoms with E-state index in [1.807, 2.05) is 13.0 Å². The maximum Gasteiger partial charge on any atom is 0.275 e. The van der Waals surface area contributed by atoms with Gasteiger partial charge in [-0.15, -0.1) is 11.3 Å². The Bertz CT molecular complexity index is 757. The van der Waals surface area contributed by atoms with Crippen LogP contribution in [0.15, 0.2) is 17.5 Å². The second-order valence-electron chi connectivity index (χ2n) is 4.69. The third-order valence-corrected chi connectivity index (χ3v) is 3.75. The number of aryl methyl sites for hydroxylation is 1. The van der Waals surface area contributed by atoms with Gasteiger partial charge in [0.1, 0.15) is 5.69 Å². The smallest absolute Gasteiger partial charge is 0.275 e. The molecule has 0 unspecified atom stereocenters. The van der Waals surface area contributed by atoms with Gasteiger partial charge in [0.05, 0.1) is 0 Å². The molecule has 1 aromatic heterocycles. The molecule has 8 heteroatoms. The molecule has 0 fully saturated rings. The van der Waals surface area contributed by atoms with E-state index in [9.17, 15) is 9.59 Å². The lowest BCUT2D eigenvalue weighted by molar-refractivity contribution is -0.114. The fraction of sp³-hybridized carbons (Fsp3) is 0.214. The SMILES string of the molecule is CC(=O)Nc1nc(C(=O)Nc2cc3c(cc2C)OCO3)cs1. The summed E-state index contributed by atoms with van der Waals surface area (Å²) < 4.78 is 10.6. The summed E-state index contributed by atoms with van der Waals surface area (Å²) in [5.41, 5.74) is 1.73. The summed E-state index contributed by atoms with van der Waals surface area (Å²) in [4.78, 5) is 27.2. The van der Waals surface area contributed by atoms with Crippen LogP contribution in [0.1, 0.15) is 23.0 Å². The fourth-order valence-electron chi connectivity index (χ4n) is 1.95. The van der Waals surface area contributed by atoms with Crippen molar-refractivity contribution in [2.75, 3.05) is 17.4 Å². The Labute approximate surface area is 130 Å². The van der Waals surface area contributed by atoms with E-state index in [1.165, 1.54) is 18.3 Å². The van der Waals surface area contributed by atoms with Crippen molar-refractivity contribution in [2.24, 2.45) is 0 Å². The van der Waals surface area contributed by atoms with Gasteiger partial charge in [-0.3, -0.25) is 9.59 Å². The number of carbonyl (C=O) groups excluding carboxylic acids is 2. The van der Waals surface area contributed by atoms with Gasteiger partial charge in [0.25, 0.3) is 5.91 Å². The molecular weight excluding hydrogens is 306 g/mol. The van der Waals surface area contributed by atoms with Crippen molar-refractivity contribution in [3.63, 3.8) is 0 Å². The molecule has 0 spiro atoms. The van der Waals surface area contributed by atoms with Gasteiger partial charge < -0.3 is 20.1 Å². The molecule has 2 heterocycles. The predicted molar refractivity (Wildman–Crippen MR) is 81.7 cm³/mol. The van der Waals surface area contributed by atoms with Gasteiger partial charge in [0, 0.05) is 24.1 Å². The number of hydrogen-bond acceptors (Lipinski definition) is 6. The van der Waals surface area contributed by atoms with Crippen LogP contribution in [0.25, 0.3) is 0 Å². The minimum absolute atomic E-state index is 0.179. The molecular formula is C14H13N3O4S. The summed E-state index contributed by atoms with van der Waals surface area (Å²) >= 11 is 1.19. The van der Waals surface area contributed by atoms with Crippen LogP contribution in [-0.2, 0) is 4.79 Å². The second-order valence-corrected chi connectivity index (χ2v) is 5.55. The Kier molecular flexibility index (Phi) is 3.68. The standard InChI is InChI=1S/C14H13N3O4S/c1-7-3-11-12(21-6-20-11)4-9(7)16-13(19)10-5-22-14(17-10)15-8(2)18/h3-5H,6H2,1-2H3,(H,16,19)(H,15,17,18). The average Bonchev–Trinajstić information content (AvgIpc) is 3.07. The van der Waals surface area contributed by atoms with Crippen molar-refractivity contribution in [1.29, 1.82) is 0 Å². The van der Waals surface area contributed by atoms with Crippen LogP contribution in [0.5, 0.6) is 11.5 Å². The maximum atomic E-state index is 12.2. The Morgan fingerprint density at radius 2 is 1.95 bits per heavy atom. The van der Waals surface area contributed by atoms with Gasteiger partial charge in [-0.25, -0.2) is 4.98 Å². The van der Waals surface area contributed by atoms with E-state index in [0.717, 1.165) is 5.56 Å². The molecule has 0 aliphatic carbocycles. The topological polar surface area (TPSA) is 89.6 Å². The van der Waals surface area contributed by atoms with Crippen molar-refractivity contribution in [1.82, 2.24) is 4.98 Å². The first-order chi connectivity index (χ1) is 10.5. The Hall–Kier alpha value is -2.61. The second kappa shape index (κ2) is 5.64. The molecule has 1 aliphatic rings. The molecule has 0 atom stereocenters. The zero-order valence-corrected chi connectivity index (χ0v) is 12.7. The first kappa shape index (κ1) is 14.3. The molecule has 1 aliphatic heterocycles. The number of amides is 2. The zero-order chi connectivity index (χ0) is 15.7. The third kappa shape index (κ3) is 2.86. The first-order valence-corrected chi connectivity index (χ1v) is 7.35. The monoisotopic (exact) mass is 319 g/mol. The predicted octanol–water partition coefficient (Wildman–Crippen LogP) is 2.39. The molecule has 2 N–H and O–H groups in total. The minimum atomic E-state index is -0.352. The maximum absolute atomic E-state index is 12.2. The zero-order valence-electron chi connectivity index (χ0n) is 11.9. The van der Waals surface area contributed by atoms with Crippen molar-refractivity contribution >= 4 is 34.0 Å². The van der Waals surface area contributed by atoms with Gasteiger partial charge in [-0.1, -0.05) is 0 Å². The summed E-state index contributed by atoms with van der Waals surface area (Å²) in [5.74, 6) is 0.679. The molecule has 1 aromatic carbocycles. The van der Waals surface area contributed by atoms with Crippen LogP contribution in [0, 0.1) is 6.92 Å². The number of carbonyl (C=O) groups is 2. The minimum Gasteiger partial charge on any atom is -0.454 e. The van der Waals surface area contributed by atoms with Gasteiger partial charge in [0.15, 0.2) is 16.6 Å². The van der Waals surface area contributed by atoms with Crippen LogP contribution < -0.4 is 20.1 Å². The van der Waals surface area contributed by atoms with Gasteiger partial charge in [0.2, 0.25) is 12.7 Å². The highest BCUT2D eigenvalue weighted by molar-refractivity contribution is 7.14. The van der Waals surface area contributed by atoms with E-state index in [1.54, 1.807) is 11.4 Å². The molecule has 2 aromatic rings. The number of hydrogen-bond donors (Lipinski definition) is 2. The lowest BCUT2D eigenvalue weighted by atomic mass is 10.1. The summed E-state index contributed by atoms with van der Waals surface area (Å²) in [6.07, 6.45) is 0. The lowest BCUT2D eigenvalue weighted by Gasteiger charge is -2.08. The average molecular weight is 319 g/mol.